The second-order valence-corrected chi connectivity index (χ2v) is 5.20. The first-order chi connectivity index (χ1) is 8.69. The molecule has 1 aliphatic carbocycles. The lowest BCUT2D eigenvalue weighted by Gasteiger charge is -2.22. The Bertz CT molecular complexity index is 470. The van der Waals surface area contributed by atoms with Crippen LogP contribution in [0.3, 0.4) is 0 Å². The number of amides is 1. The van der Waals surface area contributed by atoms with Gasteiger partial charge in [-0.2, -0.15) is 22.8 Å². The second-order valence-electron chi connectivity index (χ2n) is 4.20. The van der Waals surface area contributed by atoms with Gasteiger partial charge in [-0.05, 0) is 28.8 Å². The zero-order chi connectivity index (χ0) is 14.3. The summed E-state index contributed by atoms with van der Waals surface area (Å²) >= 11 is 1.58. The number of aromatic nitrogens is 4. The SMILES string of the molecule is O=C(NCC(F)(F)C(F)(F)Br)C1(c2nn[nH]n2)CC1. The van der Waals surface area contributed by atoms with Crippen LogP contribution in [0.1, 0.15) is 18.7 Å². The Morgan fingerprint density at radius 2 is 2.05 bits per heavy atom. The van der Waals surface area contributed by atoms with E-state index in [1.165, 1.54) is 0 Å². The Hall–Kier alpha value is -1.26. The zero-order valence-corrected chi connectivity index (χ0v) is 10.8. The largest absolute Gasteiger partial charge is 0.365 e. The molecule has 2 N–H and O–H groups in total. The molecular weight excluding hydrogens is 338 g/mol. The fourth-order valence-corrected chi connectivity index (χ4v) is 1.64. The molecule has 19 heavy (non-hydrogen) atoms. The van der Waals surface area contributed by atoms with Crippen molar-refractivity contribution in [1.29, 1.82) is 0 Å². The number of carbonyl (C=O) groups is 1. The van der Waals surface area contributed by atoms with E-state index in [2.05, 4.69) is 20.6 Å². The number of carbonyl (C=O) groups excluding carboxylic acids is 1. The maximum Gasteiger partial charge on any atom is 0.365 e. The highest BCUT2D eigenvalue weighted by molar-refractivity contribution is 9.10. The molecule has 1 aliphatic rings. The Kier molecular flexibility index (Phi) is 3.27. The summed E-state index contributed by atoms with van der Waals surface area (Å²) in [5.41, 5.74) is -1.13. The van der Waals surface area contributed by atoms with E-state index < -0.39 is 28.6 Å². The minimum Gasteiger partial charge on any atom is -0.349 e. The van der Waals surface area contributed by atoms with Crippen molar-refractivity contribution in [2.24, 2.45) is 0 Å². The third-order valence-corrected chi connectivity index (χ3v) is 3.42. The number of hydrogen-bond donors (Lipinski definition) is 2. The summed E-state index contributed by atoms with van der Waals surface area (Å²) in [6.45, 7) is -1.48. The highest BCUT2D eigenvalue weighted by Crippen LogP contribution is 2.47. The zero-order valence-electron chi connectivity index (χ0n) is 9.26. The van der Waals surface area contributed by atoms with Gasteiger partial charge in [-0.3, -0.25) is 4.79 Å². The van der Waals surface area contributed by atoms with Crippen LogP contribution in [0.15, 0.2) is 0 Å². The number of nitrogens with one attached hydrogen (secondary N) is 2. The molecule has 11 heteroatoms. The Labute approximate surface area is 112 Å². The van der Waals surface area contributed by atoms with E-state index in [1.807, 2.05) is 0 Å². The summed E-state index contributed by atoms with van der Waals surface area (Å²) in [6, 6.07) is 0. The van der Waals surface area contributed by atoms with E-state index in [9.17, 15) is 22.4 Å². The van der Waals surface area contributed by atoms with E-state index in [0.717, 1.165) is 0 Å². The Morgan fingerprint density at radius 3 is 2.47 bits per heavy atom. The van der Waals surface area contributed by atoms with Gasteiger partial charge in [0.25, 0.3) is 0 Å². The fraction of sp³-hybridized carbons (Fsp3) is 0.750. The summed E-state index contributed by atoms with van der Waals surface area (Å²) < 4.78 is 51.0. The number of alkyl halides is 5. The predicted molar refractivity (Wildman–Crippen MR) is 56.9 cm³/mol. The van der Waals surface area contributed by atoms with E-state index in [1.54, 1.807) is 21.2 Å². The maximum atomic E-state index is 13.0. The molecule has 106 valence electrons. The first-order valence-electron chi connectivity index (χ1n) is 5.16. The third-order valence-electron chi connectivity index (χ3n) is 2.84. The number of nitrogens with zero attached hydrogens (tertiary/aromatic N) is 3. The van der Waals surface area contributed by atoms with Crippen molar-refractivity contribution in [3.8, 4) is 0 Å². The van der Waals surface area contributed by atoms with Gasteiger partial charge in [-0.1, -0.05) is 5.21 Å². The van der Waals surface area contributed by atoms with Crippen molar-refractivity contribution in [3.05, 3.63) is 5.82 Å². The van der Waals surface area contributed by atoms with Gasteiger partial charge in [0.15, 0.2) is 5.82 Å². The highest BCUT2D eigenvalue weighted by atomic mass is 79.9. The van der Waals surface area contributed by atoms with Gasteiger partial charge < -0.3 is 5.32 Å². The summed E-state index contributed by atoms with van der Waals surface area (Å²) in [4.78, 5) is 7.38. The van der Waals surface area contributed by atoms with Gasteiger partial charge in [-0.25, -0.2) is 0 Å². The molecule has 1 heterocycles. The van der Waals surface area contributed by atoms with Crippen LogP contribution in [0.2, 0.25) is 0 Å². The van der Waals surface area contributed by atoms with Crippen LogP contribution in [0, 0.1) is 0 Å². The molecule has 1 aromatic heterocycles. The molecule has 1 amide bonds. The van der Waals surface area contributed by atoms with Crippen molar-refractivity contribution in [2.75, 3.05) is 6.54 Å². The van der Waals surface area contributed by atoms with Gasteiger partial charge >= 0.3 is 10.8 Å². The van der Waals surface area contributed by atoms with Crippen molar-refractivity contribution in [1.82, 2.24) is 25.9 Å². The lowest BCUT2D eigenvalue weighted by Crippen LogP contribution is -2.48. The third kappa shape index (κ3) is 2.55. The van der Waals surface area contributed by atoms with Gasteiger partial charge in [0.1, 0.15) is 5.41 Å². The van der Waals surface area contributed by atoms with E-state index in [4.69, 9.17) is 0 Å². The number of aromatic amines is 1. The molecule has 1 saturated carbocycles. The van der Waals surface area contributed by atoms with E-state index in [0.29, 0.717) is 12.8 Å². The molecule has 0 unspecified atom stereocenters. The molecule has 0 atom stereocenters. The molecule has 0 radical (unpaired) electrons. The summed E-state index contributed by atoms with van der Waals surface area (Å²) in [6.07, 6.45) is 0.712. The Balaban J connectivity index is 2.00. The van der Waals surface area contributed by atoms with Crippen LogP contribution < -0.4 is 5.32 Å². The molecule has 0 aliphatic heterocycles. The molecule has 2 rings (SSSR count). The molecule has 0 spiro atoms. The van der Waals surface area contributed by atoms with Crippen molar-refractivity contribution in [2.45, 2.75) is 29.0 Å². The average Bonchev–Trinajstić information content (AvgIpc) is 2.93. The number of rotatable bonds is 5. The van der Waals surface area contributed by atoms with Crippen molar-refractivity contribution >= 4 is 21.8 Å². The molecule has 1 aromatic rings. The number of tetrazole rings is 1. The Morgan fingerprint density at radius 1 is 1.42 bits per heavy atom. The van der Waals surface area contributed by atoms with Crippen molar-refractivity contribution in [3.63, 3.8) is 0 Å². The molecule has 1 fully saturated rings. The van der Waals surface area contributed by atoms with E-state index >= 15 is 0 Å². The normalized spacial score (nSPS) is 18.2. The van der Waals surface area contributed by atoms with Crippen LogP contribution in [0.25, 0.3) is 0 Å². The summed E-state index contributed by atoms with van der Waals surface area (Å²) in [7, 11) is 0. The minimum atomic E-state index is -4.39. The minimum absolute atomic E-state index is 0.0684. The van der Waals surface area contributed by atoms with Crippen LogP contribution in [0.4, 0.5) is 17.6 Å². The summed E-state index contributed by atoms with van der Waals surface area (Å²) in [5, 5.41) is 14.4. The monoisotopic (exact) mass is 345 g/mol. The van der Waals surface area contributed by atoms with Crippen molar-refractivity contribution < 1.29 is 22.4 Å². The highest BCUT2D eigenvalue weighted by Gasteiger charge is 2.58. The quantitative estimate of drug-likeness (QED) is 0.615. The maximum absolute atomic E-state index is 13.0. The average molecular weight is 346 g/mol. The second kappa shape index (κ2) is 4.39. The number of halogens is 5. The standard InChI is InChI=1S/C8H8BrF4N5O/c9-8(12,13)7(10,11)3-14-5(19)6(1-2-6)4-15-17-18-16-4/h1-3H2,(H,14,19)(H,15,16,17,18). The molecule has 6 nitrogen and oxygen atoms in total. The topological polar surface area (TPSA) is 83.6 Å². The first-order valence-corrected chi connectivity index (χ1v) is 5.95. The first kappa shape index (κ1) is 14.2. The smallest absolute Gasteiger partial charge is 0.349 e. The van der Waals surface area contributed by atoms with E-state index in [-0.39, 0.29) is 5.82 Å². The summed E-state index contributed by atoms with van der Waals surface area (Å²) in [5.74, 6) is -5.14. The van der Waals surface area contributed by atoms with Crippen LogP contribution in [-0.2, 0) is 10.2 Å². The van der Waals surface area contributed by atoms with Crippen LogP contribution >= 0.6 is 15.9 Å². The van der Waals surface area contributed by atoms with Gasteiger partial charge in [0.05, 0.1) is 6.54 Å². The fourth-order valence-electron chi connectivity index (χ4n) is 1.50. The van der Waals surface area contributed by atoms with Crippen LogP contribution in [0.5, 0.6) is 0 Å². The molecule has 0 saturated heterocycles. The predicted octanol–water partition coefficient (Wildman–Crippen LogP) is 0.970. The lowest BCUT2D eigenvalue weighted by molar-refractivity contribution is -0.149. The van der Waals surface area contributed by atoms with Gasteiger partial charge in [0.2, 0.25) is 5.91 Å². The molecule has 0 bridgehead atoms. The van der Waals surface area contributed by atoms with Gasteiger partial charge in [-0.15, -0.1) is 10.2 Å². The number of H-pyrrole nitrogens is 1. The van der Waals surface area contributed by atoms with Gasteiger partial charge in [0, 0.05) is 0 Å². The molecule has 0 aromatic carbocycles. The lowest BCUT2D eigenvalue weighted by atomic mass is 10.1. The molecular formula is C8H8BrF4N5O. The van der Waals surface area contributed by atoms with Crippen LogP contribution in [-0.4, -0.2) is 43.8 Å². The number of hydrogen-bond acceptors (Lipinski definition) is 4.